The van der Waals surface area contributed by atoms with Crippen molar-refractivity contribution in [3.8, 4) is 5.75 Å². The summed E-state index contributed by atoms with van der Waals surface area (Å²) in [5, 5.41) is 5.93. The summed E-state index contributed by atoms with van der Waals surface area (Å²) >= 11 is 0. The Morgan fingerprint density at radius 2 is 1.50 bits per heavy atom. The van der Waals surface area contributed by atoms with Crippen molar-refractivity contribution in [3.05, 3.63) is 29.8 Å². The molecule has 140 valence electrons. The number of carbonyl (C=O) groups excluding carboxylic acids is 2. The average molecular weight is 356 g/mol. The van der Waals surface area contributed by atoms with Gasteiger partial charge in [-0.3, -0.25) is 9.59 Å². The lowest BCUT2D eigenvalue weighted by Gasteiger charge is -2.53. The van der Waals surface area contributed by atoms with Gasteiger partial charge in [-0.1, -0.05) is 0 Å². The molecule has 0 aromatic heterocycles. The molecule has 2 N–H and O–H groups in total. The Labute approximate surface area is 154 Å². The number of rotatable bonds is 6. The molecule has 0 radical (unpaired) electrons. The molecule has 4 aliphatic rings. The van der Waals surface area contributed by atoms with Gasteiger partial charge < -0.3 is 15.4 Å². The second kappa shape index (κ2) is 7.29. The van der Waals surface area contributed by atoms with E-state index < -0.39 is 0 Å². The predicted octanol–water partition coefficient (Wildman–Crippen LogP) is 2.61. The van der Waals surface area contributed by atoms with Crippen molar-refractivity contribution in [2.24, 2.45) is 29.6 Å². The van der Waals surface area contributed by atoms with Gasteiger partial charge in [0.05, 0.1) is 7.11 Å². The maximum atomic E-state index is 12.7. The van der Waals surface area contributed by atoms with Gasteiger partial charge in [-0.2, -0.15) is 0 Å². The summed E-state index contributed by atoms with van der Waals surface area (Å²) in [5.74, 6) is 3.97. The highest BCUT2D eigenvalue weighted by atomic mass is 16.5. The molecule has 0 aliphatic heterocycles. The summed E-state index contributed by atoms with van der Waals surface area (Å²) in [6.07, 6.45) is 6.40. The van der Waals surface area contributed by atoms with Crippen LogP contribution in [0.15, 0.2) is 24.3 Å². The van der Waals surface area contributed by atoms with E-state index in [9.17, 15) is 9.59 Å². The Hall–Kier alpha value is -2.04. The van der Waals surface area contributed by atoms with Crippen LogP contribution < -0.4 is 15.4 Å². The van der Waals surface area contributed by atoms with Gasteiger partial charge in [0.1, 0.15) is 5.75 Å². The van der Waals surface area contributed by atoms with Crippen LogP contribution in [-0.2, 0) is 4.79 Å². The number of amides is 2. The first-order valence-corrected chi connectivity index (χ1v) is 9.84. The van der Waals surface area contributed by atoms with Crippen LogP contribution in [0, 0.1) is 29.6 Å². The van der Waals surface area contributed by atoms with Gasteiger partial charge in [-0.25, -0.2) is 0 Å². The second-order valence-electron chi connectivity index (χ2n) is 8.23. The van der Waals surface area contributed by atoms with E-state index in [0.29, 0.717) is 30.5 Å². The van der Waals surface area contributed by atoms with Crippen LogP contribution in [0.25, 0.3) is 0 Å². The average Bonchev–Trinajstić information content (AvgIpc) is 2.64. The van der Waals surface area contributed by atoms with Crippen molar-refractivity contribution in [2.75, 3.05) is 20.2 Å². The molecule has 4 fully saturated rings. The molecule has 0 unspecified atom stereocenters. The van der Waals surface area contributed by atoms with Crippen molar-refractivity contribution in [2.45, 2.75) is 32.1 Å². The zero-order valence-corrected chi connectivity index (χ0v) is 15.4. The van der Waals surface area contributed by atoms with E-state index in [4.69, 9.17) is 4.74 Å². The van der Waals surface area contributed by atoms with Crippen molar-refractivity contribution in [3.63, 3.8) is 0 Å². The molecule has 4 aliphatic carbocycles. The van der Waals surface area contributed by atoms with Crippen LogP contribution in [0.2, 0.25) is 0 Å². The van der Waals surface area contributed by atoms with Gasteiger partial charge in [-0.05, 0) is 80.0 Å². The zero-order valence-electron chi connectivity index (χ0n) is 15.4. The highest BCUT2D eigenvalue weighted by Gasteiger charge is 2.50. The summed E-state index contributed by atoms with van der Waals surface area (Å²) in [6.45, 7) is 0.938. The quantitative estimate of drug-likeness (QED) is 0.770. The van der Waals surface area contributed by atoms with Crippen molar-refractivity contribution in [1.29, 1.82) is 0 Å². The summed E-state index contributed by atoms with van der Waals surface area (Å²) < 4.78 is 5.09. The van der Waals surface area contributed by atoms with Crippen LogP contribution >= 0.6 is 0 Å². The Kier molecular flexibility index (Phi) is 4.88. The Balaban J connectivity index is 1.22. The molecule has 0 spiro atoms. The third kappa shape index (κ3) is 3.44. The lowest BCUT2D eigenvalue weighted by atomic mass is 9.51. The molecule has 5 rings (SSSR count). The van der Waals surface area contributed by atoms with Gasteiger partial charge >= 0.3 is 0 Å². The SMILES string of the molecule is COc1ccc(C(=O)NCCNC(=O)C2C3CC4CC(C3)CC2C4)cc1. The zero-order chi connectivity index (χ0) is 18.1. The Morgan fingerprint density at radius 3 is 2.08 bits per heavy atom. The molecule has 5 nitrogen and oxygen atoms in total. The molecule has 2 amide bonds. The van der Waals surface area contributed by atoms with E-state index >= 15 is 0 Å². The lowest BCUT2D eigenvalue weighted by molar-refractivity contribution is -0.138. The predicted molar refractivity (Wildman–Crippen MR) is 98.9 cm³/mol. The van der Waals surface area contributed by atoms with Gasteiger partial charge in [0.25, 0.3) is 5.91 Å². The van der Waals surface area contributed by atoms with Crippen LogP contribution in [0.1, 0.15) is 42.5 Å². The number of ether oxygens (including phenoxy) is 1. The molecule has 1 aromatic rings. The van der Waals surface area contributed by atoms with Crippen LogP contribution in [0.3, 0.4) is 0 Å². The van der Waals surface area contributed by atoms with Crippen LogP contribution in [0.5, 0.6) is 5.75 Å². The highest BCUT2D eigenvalue weighted by Crippen LogP contribution is 2.56. The Morgan fingerprint density at radius 1 is 0.923 bits per heavy atom. The van der Waals surface area contributed by atoms with E-state index in [1.165, 1.54) is 32.1 Å². The third-order valence-corrected chi connectivity index (χ3v) is 6.59. The van der Waals surface area contributed by atoms with Crippen LogP contribution in [0.4, 0.5) is 0 Å². The number of benzene rings is 1. The van der Waals surface area contributed by atoms with Gasteiger partial charge in [0.15, 0.2) is 0 Å². The van der Waals surface area contributed by atoms with E-state index in [1.54, 1.807) is 31.4 Å². The summed E-state index contributed by atoms with van der Waals surface area (Å²) in [5.41, 5.74) is 0.596. The number of carbonyl (C=O) groups is 2. The molecule has 5 heteroatoms. The molecule has 0 heterocycles. The number of hydrogen-bond acceptors (Lipinski definition) is 3. The first-order valence-electron chi connectivity index (χ1n) is 9.84. The fourth-order valence-corrected chi connectivity index (χ4v) is 5.68. The smallest absolute Gasteiger partial charge is 0.251 e. The number of nitrogens with one attached hydrogen (secondary N) is 2. The highest BCUT2D eigenvalue weighted by molar-refractivity contribution is 5.94. The maximum Gasteiger partial charge on any atom is 0.251 e. The van der Waals surface area contributed by atoms with E-state index in [2.05, 4.69) is 10.6 Å². The summed E-state index contributed by atoms with van der Waals surface area (Å²) in [6, 6.07) is 7.01. The topological polar surface area (TPSA) is 67.4 Å². The third-order valence-electron chi connectivity index (χ3n) is 6.59. The minimum absolute atomic E-state index is 0.128. The van der Waals surface area contributed by atoms with Crippen molar-refractivity contribution < 1.29 is 14.3 Å². The fraction of sp³-hybridized carbons (Fsp3) is 0.619. The first kappa shape index (κ1) is 17.4. The van der Waals surface area contributed by atoms with E-state index in [-0.39, 0.29) is 17.7 Å². The standard InChI is InChI=1S/C21H28N2O3/c1-26-18-4-2-15(3-5-18)20(24)22-6-7-23-21(25)19-16-9-13-8-14(11-16)12-17(19)10-13/h2-5,13-14,16-17,19H,6-12H2,1H3,(H,22,24)(H,23,25). The minimum Gasteiger partial charge on any atom is -0.497 e. The van der Waals surface area contributed by atoms with E-state index in [1.807, 2.05) is 0 Å². The Bertz CT molecular complexity index is 642. The molecule has 1 aromatic carbocycles. The monoisotopic (exact) mass is 356 g/mol. The molecule has 26 heavy (non-hydrogen) atoms. The molecule has 0 saturated heterocycles. The minimum atomic E-state index is -0.128. The number of methoxy groups -OCH3 is 1. The van der Waals surface area contributed by atoms with Gasteiger partial charge in [-0.15, -0.1) is 0 Å². The van der Waals surface area contributed by atoms with Crippen LogP contribution in [-0.4, -0.2) is 32.0 Å². The molecular weight excluding hydrogens is 328 g/mol. The van der Waals surface area contributed by atoms with Gasteiger partial charge in [0.2, 0.25) is 5.91 Å². The normalized spacial score (nSPS) is 31.5. The van der Waals surface area contributed by atoms with Crippen molar-refractivity contribution in [1.82, 2.24) is 10.6 Å². The molecular formula is C21H28N2O3. The largest absolute Gasteiger partial charge is 0.497 e. The maximum absolute atomic E-state index is 12.7. The first-order chi connectivity index (χ1) is 12.6. The number of hydrogen-bond donors (Lipinski definition) is 2. The summed E-state index contributed by atoms with van der Waals surface area (Å²) in [4.78, 5) is 24.8. The van der Waals surface area contributed by atoms with Gasteiger partial charge in [0, 0.05) is 24.6 Å². The second-order valence-corrected chi connectivity index (χ2v) is 8.23. The molecule has 4 bridgehead atoms. The lowest BCUT2D eigenvalue weighted by Crippen LogP contribution is -2.51. The summed E-state index contributed by atoms with van der Waals surface area (Å²) in [7, 11) is 1.60. The fourth-order valence-electron chi connectivity index (χ4n) is 5.68. The molecule has 0 atom stereocenters. The molecule has 4 saturated carbocycles. The van der Waals surface area contributed by atoms with E-state index in [0.717, 1.165) is 17.6 Å². The van der Waals surface area contributed by atoms with Crippen molar-refractivity contribution >= 4 is 11.8 Å².